The Morgan fingerprint density at radius 1 is 1.20 bits per heavy atom. The fourth-order valence-corrected chi connectivity index (χ4v) is 6.14. The fourth-order valence-electron chi connectivity index (χ4n) is 5.88. The first-order valence-corrected chi connectivity index (χ1v) is 13.6. The van der Waals surface area contributed by atoms with Gasteiger partial charge in [0.25, 0.3) is 0 Å². The van der Waals surface area contributed by atoms with Crippen molar-refractivity contribution in [1.82, 2.24) is 5.32 Å². The highest BCUT2D eigenvalue weighted by atomic mass is 35.5. The third-order valence-corrected chi connectivity index (χ3v) is 8.31. The maximum Gasteiger partial charge on any atom is 0.345 e. The van der Waals surface area contributed by atoms with E-state index in [0.717, 1.165) is 18.2 Å². The Bertz CT molecular complexity index is 1370. The van der Waals surface area contributed by atoms with Gasteiger partial charge in [0.1, 0.15) is 23.8 Å². The summed E-state index contributed by atoms with van der Waals surface area (Å²) < 4.78 is 68.0. The molecule has 1 amide bonds. The van der Waals surface area contributed by atoms with Crippen molar-refractivity contribution in [3.63, 3.8) is 0 Å². The molecule has 0 radical (unpaired) electrons. The van der Waals surface area contributed by atoms with E-state index in [0.29, 0.717) is 31.2 Å². The largest absolute Gasteiger partial charge is 0.478 e. The lowest BCUT2D eigenvalue weighted by atomic mass is 9.80. The number of fused-ring (bicyclic) bond motifs is 1. The molecule has 2 aromatic carbocycles. The SMILES string of the molecule is NC(=O)C1=C(c2c(Cl)c(F)cc3c2[C@H](O)[C@@](CNC2CCC(O)CC2)(c2ccccc2)O3)C(F)C(OC(F)F)C=C1. The molecule has 5 N–H and O–H groups in total. The van der Waals surface area contributed by atoms with Crippen LogP contribution in [0.3, 0.4) is 0 Å². The second kappa shape index (κ2) is 11.7. The maximum atomic E-state index is 15.9. The highest BCUT2D eigenvalue weighted by molar-refractivity contribution is 6.33. The Hall–Kier alpha value is -2.96. The number of nitrogens with two attached hydrogens (primary N) is 1. The molecule has 0 saturated heterocycles. The van der Waals surface area contributed by atoms with Crippen LogP contribution in [0.4, 0.5) is 17.6 Å². The Morgan fingerprint density at radius 2 is 1.88 bits per heavy atom. The fraction of sp³-hybridized carbons (Fsp3) is 0.414. The topological polar surface area (TPSA) is 114 Å². The number of ether oxygens (including phenoxy) is 2. The van der Waals surface area contributed by atoms with Crippen LogP contribution >= 0.6 is 11.6 Å². The van der Waals surface area contributed by atoms with Gasteiger partial charge in [-0.1, -0.05) is 54.1 Å². The molecule has 2 unspecified atom stereocenters. The first-order valence-electron chi connectivity index (χ1n) is 13.2. The zero-order valence-corrected chi connectivity index (χ0v) is 22.5. The van der Waals surface area contributed by atoms with Crippen molar-refractivity contribution in [2.24, 2.45) is 5.73 Å². The number of nitrogens with one attached hydrogen (secondary N) is 1. The van der Waals surface area contributed by atoms with Crippen LogP contribution in [0.1, 0.15) is 48.5 Å². The first kappa shape index (κ1) is 29.5. The van der Waals surface area contributed by atoms with E-state index >= 15 is 8.78 Å². The minimum absolute atomic E-state index is 0.00609. The van der Waals surface area contributed by atoms with Crippen molar-refractivity contribution >= 4 is 23.1 Å². The van der Waals surface area contributed by atoms with Crippen LogP contribution in [0.25, 0.3) is 5.57 Å². The van der Waals surface area contributed by atoms with Crippen LogP contribution < -0.4 is 15.8 Å². The van der Waals surface area contributed by atoms with Gasteiger partial charge in [0, 0.05) is 40.9 Å². The Morgan fingerprint density at radius 3 is 2.51 bits per heavy atom. The van der Waals surface area contributed by atoms with Crippen LogP contribution in [0.5, 0.6) is 5.75 Å². The molecule has 1 heterocycles. The number of aliphatic hydroxyl groups is 2. The number of aliphatic hydroxyl groups excluding tert-OH is 2. The number of benzene rings is 2. The molecule has 2 aromatic rings. The summed E-state index contributed by atoms with van der Waals surface area (Å²) in [5.74, 6) is -2.33. The van der Waals surface area contributed by atoms with Gasteiger partial charge in [-0.2, -0.15) is 8.78 Å². The van der Waals surface area contributed by atoms with E-state index in [-0.39, 0.29) is 30.0 Å². The van der Waals surface area contributed by atoms with Crippen molar-refractivity contribution in [2.45, 2.75) is 68.4 Å². The number of hydrogen-bond donors (Lipinski definition) is 4. The predicted octanol–water partition coefficient (Wildman–Crippen LogP) is 4.45. The lowest BCUT2D eigenvalue weighted by molar-refractivity contribution is -0.159. The van der Waals surface area contributed by atoms with Crippen molar-refractivity contribution in [2.75, 3.05) is 6.54 Å². The average Bonchev–Trinajstić information content (AvgIpc) is 3.22. The van der Waals surface area contributed by atoms with Crippen molar-refractivity contribution in [1.29, 1.82) is 0 Å². The van der Waals surface area contributed by atoms with E-state index in [9.17, 15) is 23.8 Å². The summed E-state index contributed by atoms with van der Waals surface area (Å²) in [4.78, 5) is 12.3. The number of hydrogen-bond acceptors (Lipinski definition) is 6. The summed E-state index contributed by atoms with van der Waals surface area (Å²) in [5.41, 5.74) is 2.89. The molecule has 2 aliphatic carbocycles. The summed E-state index contributed by atoms with van der Waals surface area (Å²) in [7, 11) is 0. The smallest absolute Gasteiger partial charge is 0.345 e. The number of halogens is 5. The van der Waals surface area contributed by atoms with Gasteiger partial charge in [-0.3, -0.25) is 4.79 Å². The number of alkyl halides is 3. The maximum absolute atomic E-state index is 15.9. The zero-order chi connectivity index (χ0) is 29.5. The highest BCUT2D eigenvalue weighted by Gasteiger charge is 2.52. The lowest BCUT2D eigenvalue weighted by Crippen LogP contribution is -2.48. The van der Waals surface area contributed by atoms with Gasteiger partial charge in [0.05, 0.1) is 11.1 Å². The molecule has 0 spiro atoms. The molecule has 220 valence electrons. The van der Waals surface area contributed by atoms with Crippen molar-refractivity contribution < 1.29 is 42.0 Å². The monoisotopic (exact) mass is 596 g/mol. The predicted molar refractivity (Wildman–Crippen MR) is 142 cm³/mol. The second-order valence-electron chi connectivity index (χ2n) is 10.4. The molecule has 1 aliphatic heterocycles. The number of amides is 1. The van der Waals surface area contributed by atoms with E-state index in [1.807, 2.05) is 0 Å². The van der Waals surface area contributed by atoms with E-state index in [4.69, 9.17) is 22.1 Å². The first-order chi connectivity index (χ1) is 19.5. The van der Waals surface area contributed by atoms with E-state index < -0.39 is 64.0 Å². The highest BCUT2D eigenvalue weighted by Crippen LogP contribution is 2.55. The van der Waals surface area contributed by atoms with Crippen LogP contribution in [0, 0.1) is 5.82 Å². The number of primary amides is 1. The minimum atomic E-state index is -3.35. The van der Waals surface area contributed by atoms with Gasteiger partial charge in [0.15, 0.2) is 11.8 Å². The number of rotatable bonds is 8. The summed E-state index contributed by atoms with van der Waals surface area (Å²) >= 11 is 6.37. The summed E-state index contributed by atoms with van der Waals surface area (Å²) in [6.45, 7) is -3.32. The molecule has 1 fully saturated rings. The van der Waals surface area contributed by atoms with Gasteiger partial charge in [-0.25, -0.2) is 8.78 Å². The molecule has 12 heteroatoms. The van der Waals surface area contributed by atoms with Crippen LogP contribution in [-0.4, -0.2) is 53.7 Å². The second-order valence-corrected chi connectivity index (χ2v) is 10.8. The van der Waals surface area contributed by atoms with Crippen molar-refractivity contribution in [3.8, 4) is 5.75 Å². The number of carbonyl (C=O) groups is 1. The molecule has 0 bridgehead atoms. The molecular weight excluding hydrogens is 568 g/mol. The molecule has 4 atom stereocenters. The van der Waals surface area contributed by atoms with E-state index in [2.05, 4.69) is 10.1 Å². The quantitative estimate of drug-likeness (QED) is 0.335. The third kappa shape index (κ3) is 5.49. The molecule has 7 nitrogen and oxygen atoms in total. The minimum Gasteiger partial charge on any atom is -0.478 e. The molecule has 1 saturated carbocycles. The van der Waals surface area contributed by atoms with Gasteiger partial charge in [-0.15, -0.1) is 0 Å². The van der Waals surface area contributed by atoms with Gasteiger partial charge in [0.2, 0.25) is 5.91 Å². The normalized spacial score (nSPS) is 29.5. The zero-order valence-electron chi connectivity index (χ0n) is 21.7. The average molecular weight is 597 g/mol. The standard InChI is InChI=1S/C29H29ClF4N2O5/c30-24-18(31)12-20-22(23(24)21-17(27(35)39)10-11-19(25(21)32)40-28(33)34)26(38)29(41-20,14-4-2-1-3-5-14)13-36-15-6-8-16(37)9-7-15/h1-5,10-12,15-16,19,25-26,28,36-38H,6-9,13H2,(H2,35,39)/t15?,16?,19?,25?,26-,29+/m0/s1. The Kier molecular flexibility index (Phi) is 8.45. The Balaban J connectivity index is 1.64. The van der Waals surface area contributed by atoms with E-state index in [1.165, 1.54) is 0 Å². The molecule has 41 heavy (non-hydrogen) atoms. The lowest BCUT2D eigenvalue weighted by Gasteiger charge is -2.36. The van der Waals surface area contributed by atoms with Crippen molar-refractivity contribution in [3.05, 3.63) is 81.7 Å². The van der Waals surface area contributed by atoms with E-state index in [1.54, 1.807) is 30.3 Å². The Labute approximate surface area is 238 Å². The summed E-state index contributed by atoms with van der Waals surface area (Å²) in [5, 5.41) is 24.6. The van der Waals surface area contributed by atoms with Crippen LogP contribution in [0.15, 0.2) is 54.1 Å². The number of carbonyl (C=O) groups excluding carboxylic acids is 1. The van der Waals surface area contributed by atoms with Gasteiger partial charge in [-0.05, 0) is 31.2 Å². The van der Waals surface area contributed by atoms with Crippen LogP contribution in [-0.2, 0) is 15.1 Å². The van der Waals surface area contributed by atoms with Crippen LogP contribution in [0.2, 0.25) is 5.02 Å². The van der Waals surface area contributed by atoms with Gasteiger partial charge < -0.3 is 30.7 Å². The molecule has 0 aromatic heterocycles. The molecule has 5 rings (SSSR count). The summed E-state index contributed by atoms with van der Waals surface area (Å²) in [6, 6.07) is 9.58. The summed E-state index contributed by atoms with van der Waals surface area (Å²) in [6.07, 6.45) is -1.73. The van der Waals surface area contributed by atoms with Gasteiger partial charge >= 0.3 is 6.61 Å². The third-order valence-electron chi connectivity index (χ3n) is 7.94. The molecule has 3 aliphatic rings. The molecular formula is C29H29ClF4N2O5.